The quantitative estimate of drug-likeness (QED) is 0.848. The maximum Gasteiger partial charge on any atom is 0.255 e. The molecule has 0 aliphatic carbocycles. The normalized spacial score (nSPS) is 17.0. The SMILES string of the molecule is CCS(=O)(=O)N1CCN(C(=O)c2ccc(C)cc2Cl)CC1. The van der Waals surface area contributed by atoms with E-state index in [2.05, 4.69) is 0 Å². The number of hydrogen-bond acceptors (Lipinski definition) is 3. The van der Waals surface area contributed by atoms with Crippen LogP contribution in [0.2, 0.25) is 5.02 Å². The fourth-order valence-electron chi connectivity index (χ4n) is 2.32. The number of sulfonamides is 1. The lowest BCUT2D eigenvalue weighted by atomic mass is 10.1. The molecular formula is C14H19ClN2O3S. The number of carbonyl (C=O) groups excluding carboxylic acids is 1. The van der Waals surface area contributed by atoms with Crippen LogP contribution in [0.1, 0.15) is 22.8 Å². The molecule has 0 bridgehead atoms. The molecule has 1 aromatic rings. The molecule has 2 rings (SSSR count). The Labute approximate surface area is 130 Å². The predicted molar refractivity (Wildman–Crippen MR) is 83.1 cm³/mol. The lowest BCUT2D eigenvalue weighted by Gasteiger charge is -2.34. The molecule has 0 radical (unpaired) electrons. The van der Waals surface area contributed by atoms with Gasteiger partial charge < -0.3 is 4.90 Å². The third kappa shape index (κ3) is 3.56. The Balaban J connectivity index is 2.07. The van der Waals surface area contributed by atoms with Crippen molar-refractivity contribution in [2.45, 2.75) is 13.8 Å². The van der Waals surface area contributed by atoms with Crippen molar-refractivity contribution in [3.63, 3.8) is 0 Å². The highest BCUT2D eigenvalue weighted by Crippen LogP contribution is 2.20. The largest absolute Gasteiger partial charge is 0.336 e. The van der Waals surface area contributed by atoms with Crippen LogP contribution in [-0.4, -0.2) is 55.5 Å². The van der Waals surface area contributed by atoms with Gasteiger partial charge in [0.2, 0.25) is 10.0 Å². The Kier molecular flexibility index (Phi) is 4.91. The van der Waals surface area contributed by atoms with Crippen molar-refractivity contribution in [1.29, 1.82) is 0 Å². The molecule has 0 N–H and O–H groups in total. The number of benzene rings is 1. The van der Waals surface area contributed by atoms with E-state index in [0.717, 1.165) is 5.56 Å². The molecule has 1 aromatic carbocycles. The van der Waals surface area contributed by atoms with Crippen molar-refractivity contribution in [2.75, 3.05) is 31.9 Å². The average Bonchev–Trinajstić information content (AvgIpc) is 2.47. The van der Waals surface area contributed by atoms with Crippen molar-refractivity contribution in [3.8, 4) is 0 Å². The highest BCUT2D eigenvalue weighted by molar-refractivity contribution is 7.89. The van der Waals surface area contributed by atoms with Gasteiger partial charge in [0.15, 0.2) is 0 Å². The lowest BCUT2D eigenvalue weighted by molar-refractivity contribution is 0.0698. The summed E-state index contributed by atoms with van der Waals surface area (Å²) in [5.74, 6) is -0.0568. The first-order valence-corrected chi connectivity index (χ1v) is 8.87. The summed E-state index contributed by atoms with van der Waals surface area (Å²) in [4.78, 5) is 14.1. The van der Waals surface area contributed by atoms with E-state index in [-0.39, 0.29) is 11.7 Å². The Hall–Kier alpha value is -1.11. The second kappa shape index (κ2) is 6.34. The molecule has 0 unspecified atom stereocenters. The molecule has 1 aliphatic heterocycles. The minimum atomic E-state index is -3.18. The molecule has 0 saturated carbocycles. The first kappa shape index (κ1) is 16.3. The van der Waals surface area contributed by atoms with Crippen LogP contribution in [0.4, 0.5) is 0 Å². The van der Waals surface area contributed by atoms with Gasteiger partial charge in [-0.25, -0.2) is 8.42 Å². The van der Waals surface area contributed by atoms with Crippen molar-refractivity contribution < 1.29 is 13.2 Å². The number of rotatable bonds is 3. The monoisotopic (exact) mass is 330 g/mol. The van der Waals surface area contributed by atoms with E-state index in [1.807, 2.05) is 13.0 Å². The van der Waals surface area contributed by atoms with E-state index in [4.69, 9.17) is 11.6 Å². The minimum Gasteiger partial charge on any atom is -0.336 e. The number of carbonyl (C=O) groups is 1. The minimum absolute atomic E-state index is 0.0880. The summed E-state index contributed by atoms with van der Waals surface area (Å²) < 4.78 is 25.0. The summed E-state index contributed by atoms with van der Waals surface area (Å²) in [5.41, 5.74) is 1.46. The second-order valence-electron chi connectivity index (χ2n) is 5.08. The molecule has 7 heteroatoms. The molecule has 1 heterocycles. The Morgan fingerprint density at radius 3 is 2.38 bits per heavy atom. The topological polar surface area (TPSA) is 57.7 Å². The molecule has 21 heavy (non-hydrogen) atoms. The van der Waals surface area contributed by atoms with Crippen molar-refractivity contribution in [3.05, 3.63) is 34.3 Å². The van der Waals surface area contributed by atoms with Gasteiger partial charge in [-0.3, -0.25) is 4.79 Å². The average molecular weight is 331 g/mol. The van der Waals surface area contributed by atoms with Crippen LogP contribution in [0.15, 0.2) is 18.2 Å². The van der Waals surface area contributed by atoms with Gasteiger partial charge in [0.1, 0.15) is 0 Å². The molecule has 1 fully saturated rings. The van der Waals surface area contributed by atoms with Gasteiger partial charge in [-0.15, -0.1) is 0 Å². The summed E-state index contributed by atoms with van der Waals surface area (Å²) in [6.45, 7) is 4.99. The third-order valence-corrected chi connectivity index (χ3v) is 5.83. The summed E-state index contributed by atoms with van der Waals surface area (Å²) >= 11 is 6.11. The van der Waals surface area contributed by atoms with Crippen LogP contribution >= 0.6 is 11.6 Å². The number of halogens is 1. The molecule has 1 saturated heterocycles. The van der Waals surface area contributed by atoms with Gasteiger partial charge in [0, 0.05) is 26.2 Å². The van der Waals surface area contributed by atoms with Gasteiger partial charge in [-0.2, -0.15) is 4.31 Å². The van der Waals surface area contributed by atoms with Gasteiger partial charge in [-0.05, 0) is 31.5 Å². The zero-order valence-electron chi connectivity index (χ0n) is 12.2. The highest BCUT2D eigenvalue weighted by Gasteiger charge is 2.28. The second-order valence-corrected chi connectivity index (χ2v) is 7.74. The molecule has 116 valence electrons. The standard InChI is InChI=1S/C14H19ClN2O3S/c1-3-21(19,20)17-8-6-16(7-9-17)14(18)12-5-4-11(2)10-13(12)15/h4-5,10H,3,6-9H2,1-2H3. The maximum atomic E-state index is 12.4. The Morgan fingerprint density at radius 2 is 1.86 bits per heavy atom. The van der Waals surface area contributed by atoms with Crippen LogP contribution in [-0.2, 0) is 10.0 Å². The summed E-state index contributed by atoms with van der Waals surface area (Å²) in [6, 6.07) is 5.32. The molecule has 0 aromatic heterocycles. The van der Waals surface area contributed by atoms with Crippen molar-refractivity contribution in [2.24, 2.45) is 0 Å². The first-order chi connectivity index (χ1) is 9.85. The fourth-order valence-corrected chi connectivity index (χ4v) is 3.72. The Bertz CT molecular complexity index is 638. The number of piperazine rings is 1. The molecule has 0 atom stereocenters. The summed E-state index contributed by atoms with van der Waals surface area (Å²) in [5, 5.41) is 0.434. The molecule has 1 aliphatic rings. The van der Waals surface area contributed by atoms with Crippen LogP contribution in [0.25, 0.3) is 0 Å². The molecular weight excluding hydrogens is 312 g/mol. The van der Waals surface area contributed by atoms with Gasteiger partial charge in [0.25, 0.3) is 5.91 Å². The van der Waals surface area contributed by atoms with Crippen molar-refractivity contribution >= 4 is 27.5 Å². The fraction of sp³-hybridized carbons (Fsp3) is 0.500. The molecule has 5 nitrogen and oxygen atoms in total. The number of aryl methyl sites for hydroxylation is 1. The van der Waals surface area contributed by atoms with E-state index >= 15 is 0 Å². The zero-order valence-corrected chi connectivity index (χ0v) is 13.7. The molecule has 1 amide bonds. The zero-order chi connectivity index (χ0) is 15.6. The van der Waals surface area contributed by atoms with Crippen LogP contribution in [0, 0.1) is 6.92 Å². The maximum absolute atomic E-state index is 12.4. The first-order valence-electron chi connectivity index (χ1n) is 6.88. The van der Waals surface area contributed by atoms with Crippen LogP contribution < -0.4 is 0 Å². The number of amides is 1. The van der Waals surface area contributed by atoms with E-state index in [0.29, 0.717) is 36.8 Å². The summed E-state index contributed by atoms with van der Waals surface area (Å²) in [7, 11) is -3.18. The predicted octanol–water partition coefficient (Wildman–Crippen LogP) is 1.76. The number of hydrogen-bond donors (Lipinski definition) is 0. The lowest BCUT2D eigenvalue weighted by Crippen LogP contribution is -2.50. The molecule has 0 spiro atoms. The van der Waals surface area contributed by atoms with Gasteiger partial charge in [0.05, 0.1) is 16.3 Å². The van der Waals surface area contributed by atoms with Gasteiger partial charge in [-0.1, -0.05) is 17.7 Å². The highest BCUT2D eigenvalue weighted by atomic mass is 35.5. The van der Waals surface area contributed by atoms with Crippen LogP contribution in [0.3, 0.4) is 0 Å². The number of nitrogens with zero attached hydrogens (tertiary/aromatic N) is 2. The van der Waals surface area contributed by atoms with Crippen molar-refractivity contribution in [1.82, 2.24) is 9.21 Å². The summed E-state index contributed by atoms with van der Waals surface area (Å²) in [6.07, 6.45) is 0. The Morgan fingerprint density at radius 1 is 1.24 bits per heavy atom. The van der Waals surface area contributed by atoms with E-state index in [1.54, 1.807) is 24.0 Å². The van der Waals surface area contributed by atoms with Gasteiger partial charge >= 0.3 is 0 Å². The van der Waals surface area contributed by atoms with E-state index < -0.39 is 10.0 Å². The van der Waals surface area contributed by atoms with E-state index in [9.17, 15) is 13.2 Å². The van der Waals surface area contributed by atoms with E-state index in [1.165, 1.54) is 4.31 Å². The smallest absolute Gasteiger partial charge is 0.255 e. The third-order valence-electron chi connectivity index (χ3n) is 3.64. The van der Waals surface area contributed by atoms with Crippen LogP contribution in [0.5, 0.6) is 0 Å².